The van der Waals surface area contributed by atoms with Gasteiger partial charge in [0, 0.05) is 0 Å². The third-order valence-electron chi connectivity index (χ3n) is 2.75. The summed E-state index contributed by atoms with van der Waals surface area (Å²) < 4.78 is 0. The maximum Gasteiger partial charge on any atom is 0.143 e. The smallest absolute Gasteiger partial charge is 0.143 e. The monoisotopic (exact) mass is 208 g/mol. The molecule has 0 aromatic rings. The second kappa shape index (κ2) is 6.33. The Morgan fingerprint density at radius 2 is 1.27 bits per heavy atom. The van der Waals surface area contributed by atoms with E-state index in [0.717, 1.165) is 0 Å². The van der Waals surface area contributed by atoms with Crippen LogP contribution in [0.5, 0.6) is 0 Å². The van der Waals surface area contributed by atoms with Crippen LogP contribution in [0.15, 0.2) is 24.3 Å². The Morgan fingerprint density at radius 1 is 0.933 bits per heavy atom. The van der Waals surface area contributed by atoms with Crippen LogP contribution >= 0.6 is 0 Å². The molecule has 0 amide bonds. The van der Waals surface area contributed by atoms with Gasteiger partial charge in [0.1, 0.15) is 11.6 Å². The van der Waals surface area contributed by atoms with Gasteiger partial charge in [0.15, 0.2) is 0 Å². The van der Waals surface area contributed by atoms with E-state index in [1.165, 1.54) is 13.8 Å². The van der Waals surface area contributed by atoms with Crippen molar-refractivity contribution in [2.45, 2.75) is 40.5 Å². The molecule has 0 rings (SSSR count). The van der Waals surface area contributed by atoms with E-state index in [-0.39, 0.29) is 11.6 Å². The molecule has 0 aliphatic carbocycles. The van der Waals surface area contributed by atoms with Crippen molar-refractivity contribution >= 4 is 11.6 Å². The zero-order chi connectivity index (χ0) is 11.9. The molecular formula is C13H20O2. The van der Waals surface area contributed by atoms with Crippen molar-refractivity contribution in [1.82, 2.24) is 0 Å². The summed E-state index contributed by atoms with van der Waals surface area (Å²) in [5.41, 5.74) is -0.848. The molecule has 0 radical (unpaired) electrons. The molecule has 0 unspecified atom stereocenters. The Kier molecular flexibility index (Phi) is 5.83. The van der Waals surface area contributed by atoms with Crippen LogP contribution in [0.3, 0.4) is 0 Å². The Balaban J connectivity index is 5.06. The van der Waals surface area contributed by atoms with Crippen LogP contribution in [0.1, 0.15) is 40.5 Å². The third-order valence-corrected chi connectivity index (χ3v) is 2.75. The van der Waals surface area contributed by atoms with Gasteiger partial charge >= 0.3 is 0 Å². The normalized spacial score (nSPS) is 12.5. The van der Waals surface area contributed by atoms with Crippen molar-refractivity contribution in [1.29, 1.82) is 0 Å². The highest BCUT2D eigenvalue weighted by atomic mass is 16.2. The minimum atomic E-state index is -0.848. The molecule has 0 aromatic carbocycles. The molecule has 0 aliphatic heterocycles. The van der Waals surface area contributed by atoms with Crippen molar-refractivity contribution in [3.63, 3.8) is 0 Å². The number of rotatable bonds is 6. The van der Waals surface area contributed by atoms with Crippen LogP contribution in [-0.2, 0) is 9.59 Å². The predicted molar refractivity (Wildman–Crippen MR) is 62.7 cm³/mol. The Labute approximate surface area is 92.1 Å². The number of ketones is 2. The standard InChI is InChI=1S/C13H20O2/c1-5-7-9-13(11(3)14,12(4)15)10-8-6-2/h5-8H,9-10H2,1-4H3. The summed E-state index contributed by atoms with van der Waals surface area (Å²) in [5.74, 6) is -0.0996. The number of Topliss-reactive ketones (excluding diaryl/α,β-unsaturated/α-hetero) is 2. The largest absolute Gasteiger partial charge is 0.299 e. The fourth-order valence-corrected chi connectivity index (χ4v) is 1.54. The van der Waals surface area contributed by atoms with E-state index < -0.39 is 5.41 Å². The lowest BCUT2D eigenvalue weighted by atomic mass is 9.74. The van der Waals surface area contributed by atoms with E-state index in [0.29, 0.717) is 12.8 Å². The van der Waals surface area contributed by atoms with Crippen LogP contribution in [-0.4, -0.2) is 11.6 Å². The summed E-state index contributed by atoms with van der Waals surface area (Å²) in [6, 6.07) is 0. The van der Waals surface area contributed by atoms with Gasteiger partial charge in [0.25, 0.3) is 0 Å². The fourth-order valence-electron chi connectivity index (χ4n) is 1.54. The number of hydrogen-bond acceptors (Lipinski definition) is 2. The average molecular weight is 208 g/mol. The van der Waals surface area contributed by atoms with Crippen molar-refractivity contribution in [2.24, 2.45) is 5.41 Å². The van der Waals surface area contributed by atoms with Gasteiger partial charge in [-0.15, -0.1) is 0 Å². The van der Waals surface area contributed by atoms with E-state index in [2.05, 4.69) is 0 Å². The second-order valence-electron chi connectivity index (χ2n) is 3.74. The molecule has 0 N–H and O–H groups in total. The van der Waals surface area contributed by atoms with Crippen molar-refractivity contribution in [3.8, 4) is 0 Å². The van der Waals surface area contributed by atoms with Gasteiger partial charge in [-0.3, -0.25) is 9.59 Å². The van der Waals surface area contributed by atoms with Gasteiger partial charge < -0.3 is 0 Å². The Hall–Kier alpha value is -1.18. The first kappa shape index (κ1) is 13.8. The van der Waals surface area contributed by atoms with Crippen molar-refractivity contribution in [3.05, 3.63) is 24.3 Å². The zero-order valence-electron chi connectivity index (χ0n) is 10.0. The lowest BCUT2D eigenvalue weighted by molar-refractivity contribution is -0.138. The molecule has 0 heterocycles. The molecule has 0 saturated heterocycles. The molecule has 0 atom stereocenters. The first-order valence-corrected chi connectivity index (χ1v) is 5.25. The maximum absolute atomic E-state index is 11.6. The molecule has 0 aliphatic rings. The van der Waals surface area contributed by atoms with Gasteiger partial charge in [-0.2, -0.15) is 0 Å². The van der Waals surface area contributed by atoms with E-state index in [4.69, 9.17) is 0 Å². The lowest BCUT2D eigenvalue weighted by Gasteiger charge is -2.25. The summed E-state index contributed by atoms with van der Waals surface area (Å²) in [7, 11) is 0. The SMILES string of the molecule is CC=CCC(CC=CC)(C(C)=O)C(C)=O. The Bertz CT molecular complexity index is 255. The van der Waals surface area contributed by atoms with Crippen LogP contribution in [0, 0.1) is 5.41 Å². The first-order chi connectivity index (χ1) is 7.01. The topological polar surface area (TPSA) is 34.1 Å². The number of hydrogen-bond donors (Lipinski definition) is 0. The van der Waals surface area contributed by atoms with Crippen LogP contribution < -0.4 is 0 Å². The van der Waals surface area contributed by atoms with E-state index in [1.54, 1.807) is 0 Å². The Morgan fingerprint density at radius 3 is 1.47 bits per heavy atom. The molecular weight excluding hydrogens is 188 g/mol. The number of allylic oxidation sites excluding steroid dienone is 4. The van der Waals surface area contributed by atoms with Gasteiger partial charge in [-0.1, -0.05) is 24.3 Å². The number of carbonyl (C=O) groups is 2. The van der Waals surface area contributed by atoms with Gasteiger partial charge in [0.05, 0.1) is 5.41 Å². The van der Waals surface area contributed by atoms with Crippen LogP contribution in [0.2, 0.25) is 0 Å². The maximum atomic E-state index is 11.6. The quantitative estimate of drug-likeness (QED) is 0.496. The predicted octanol–water partition coefficient (Wildman–Crippen LogP) is 3.08. The molecule has 0 aromatic heterocycles. The van der Waals surface area contributed by atoms with Gasteiger partial charge in [0.2, 0.25) is 0 Å². The zero-order valence-corrected chi connectivity index (χ0v) is 10.0. The molecule has 2 heteroatoms. The fraction of sp³-hybridized carbons (Fsp3) is 0.538. The second-order valence-corrected chi connectivity index (χ2v) is 3.74. The summed E-state index contributed by atoms with van der Waals surface area (Å²) in [4.78, 5) is 23.3. The molecule has 0 saturated carbocycles. The third kappa shape index (κ3) is 3.46. The molecule has 0 bridgehead atoms. The minimum Gasteiger partial charge on any atom is -0.299 e. The van der Waals surface area contributed by atoms with Crippen molar-refractivity contribution in [2.75, 3.05) is 0 Å². The summed E-state index contributed by atoms with van der Waals surface area (Å²) in [6.45, 7) is 6.77. The van der Waals surface area contributed by atoms with E-state index >= 15 is 0 Å². The van der Waals surface area contributed by atoms with Gasteiger partial charge in [-0.05, 0) is 40.5 Å². The number of carbonyl (C=O) groups excluding carboxylic acids is 2. The molecule has 84 valence electrons. The molecule has 2 nitrogen and oxygen atoms in total. The molecule has 0 spiro atoms. The summed E-state index contributed by atoms with van der Waals surface area (Å²) >= 11 is 0. The summed E-state index contributed by atoms with van der Waals surface area (Å²) in [6.07, 6.45) is 8.50. The minimum absolute atomic E-state index is 0.0498. The van der Waals surface area contributed by atoms with Gasteiger partial charge in [-0.25, -0.2) is 0 Å². The first-order valence-electron chi connectivity index (χ1n) is 5.25. The summed E-state index contributed by atoms with van der Waals surface area (Å²) in [5, 5.41) is 0. The van der Waals surface area contributed by atoms with Crippen molar-refractivity contribution < 1.29 is 9.59 Å². The lowest BCUT2D eigenvalue weighted by Crippen LogP contribution is -2.35. The average Bonchev–Trinajstić information content (AvgIpc) is 2.17. The highest BCUT2D eigenvalue weighted by molar-refractivity contribution is 6.05. The highest BCUT2D eigenvalue weighted by Crippen LogP contribution is 2.30. The molecule has 0 fully saturated rings. The molecule has 15 heavy (non-hydrogen) atoms. The highest BCUT2D eigenvalue weighted by Gasteiger charge is 2.37. The van der Waals surface area contributed by atoms with Crippen LogP contribution in [0.4, 0.5) is 0 Å². The van der Waals surface area contributed by atoms with E-state index in [9.17, 15) is 9.59 Å². The van der Waals surface area contributed by atoms with Crippen LogP contribution in [0.25, 0.3) is 0 Å². The van der Waals surface area contributed by atoms with E-state index in [1.807, 2.05) is 38.2 Å².